The lowest BCUT2D eigenvalue weighted by Gasteiger charge is -2.32. The predicted molar refractivity (Wildman–Crippen MR) is 70.3 cm³/mol. The number of piperidine rings is 1. The Morgan fingerprint density at radius 2 is 1.56 bits per heavy atom. The normalized spacial score (nSPS) is 36.1. The summed E-state index contributed by atoms with van der Waals surface area (Å²) >= 11 is 0. The van der Waals surface area contributed by atoms with Gasteiger partial charge in [-0.05, 0) is 43.7 Å². The van der Waals surface area contributed by atoms with Crippen LogP contribution in [-0.4, -0.2) is 56.3 Å². The van der Waals surface area contributed by atoms with E-state index in [1.165, 1.54) is 0 Å². The van der Waals surface area contributed by atoms with Crippen LogP contribution < -0.4 is 5.32 Å². The summed E-state index contributed by atoms with van der Waals surface area (Å²) in [4.78, 5) is 0. The minimum Gasteiger partial charge on any atom is -0.316 e. The van der Waals surface area contributed by atoms with Crippen molar-refractivity contribution in [2.24, 2.45) is 17.8 Å². The molecule has 6 heteroatoms. The molecule has 18 heavy (non-hydrogen) atoms. The maximum Gasteiger partial charge on any atom is 0.281 e. The molecule has 3 aliphatic heterocycles. The second-order valence-corrected chi connectivity index (χ2v) is 8.01. The summed E-state index contributed by atoms with van der Waals surface area (Å²) in [5.41, 5.74) is 0. The highest BCUT2D eigenvalue weighted by Gasteiger charge is 2.43. The molecule has 0 bridgehead atoms. The summed E-state index contributed by atoms with van der Waals surface area (Å²) in [7, 11) is -3.19. The molecule has 0 radical (unpaired) electrons. The van der Waals surface area contributed by atoms with Gasteiger partial charge in [-0.15, -0.1) is 0 Å². The molecular formula is C12H23N3O2S. The van der Waals surface area contributed by atoms with Gasteiger partial charge in [-0.25, -0.2) is 0 Å². The van der Waals surface area contributed by atoms with E-state index in [-0.39, 0.29) is 0 Å². The molecule has 0 saturated carbocycles. The number of rotatable bonds is 2. The second-order valence-electron chi connectivity index (χ2n) is 6.08. The third kappa shape index (κ3) is 2.19. The first-order chi connectivity index (χ1) is 8.57. The van der Waals surface area contributed by atoms with Crippen LogP contribution in [0.5, 0.6) is 0 Å². The first kappa shape index (κ1) is 12.8. The molecule has 3 rings (SSSR count). The SMILES string of the molecule is CC1CCN(S(=O)(=O)N2C[C@H]3CNC[C@H]3C2)CC1. The van der Waals surface area contributed by atoms with Crippen LogP contribution >= 0.6 is 0 Å². The van der Waals surface area contributed by atoms with Gasteiger partial charge in [-0.1, -0.05) is 6.92 Å². The van der Waals surface area contributed by atoms with Gasteiger partial charge in [-0.2, -0.15) is 17.0 Å². The van der Waals surface area contributed by atoms with E-state index < -0.39 is 10.2 Å². The summed E-state index contributed by atoms with van der Waals surface area (Å²) in [5, 5.41) is 3.35. The Kier molecular flexibility index (Phi) is 3.38. The number of hydrogen-bond acceptors (Lipinski definition) is 3. The lowest BCUT2D eigenvalue weighted by Crippen LogP contribution is -2.46. The van der Waals surface area contributed by atoms with Gasteiger partial charge in [-0.3, -0.25) is 0 Å². The van der Waals surface area contributed by atoms with Crippen molar-refractivity contribution in [3.8, 4) is 0 Å². The predicted octanol–water partition coefficient (Wildman–Crippen LogP) is 0.114. The quantitative estimate of drug-likeness (QED) is 0.777. The van der Waals surface area contributed by atoms with Crippen molar-refractivity contribution >= 4 is 10.2 Å². The number of nitrogens with one attached hydrogen (secondary N) is 1. The molecule has 0 aromatic heterocycles. The molecule has 3 fully saturated rings. The van der Waals surface area contributed by atoms with Crippen molar-refractivity contribution in [1.29, 1.82) is 0 Å². The molecule has 104 valence electrons. The van der Waals surface area contributed by atoms with Gasteiger partial charge < -0.3 is 5.32 Å². The third-order valence-electron chi connectivity index (χ3n) is 4.75. The summed E-state index contributed by atoms with van der Waals surface area (Å²) in [5.74, 6) is 1.73. The zero-order valence-electron chi connectivity index (χ0n) is 11.0. The Bertz CT molecular complexity index is 392. The van der Waals surface area contributed by atoms with E-state index in [0.29, 0.717) is 43.9 Å². The summed E-state index contributed by atoms with van der Waals surface area (Å²) in [6.45, 7) is 7.00. The van der Waals surface area contributed by atoms with E-state index in [1.54, 1.807) is 8.61 Å². The molecule has 0 aromatic carbocycles. The highest BCUT2D eigenvalue weighted by Crippen LogP contribution is 2.30. The Balaban J connectivity index is 1.67. The minimum atomic E-state index is -3.19. The van der Waals surface area contributed by atoms with E-state index >= 15 is 0 Å². The molecule has 3 heterocycles. The van der Waals surface area contributed by atoms with Crippen LogP contribution in [0, 0.1) is 17.8 Å². The Hall–Kier alpha value is -0.170. The smallest absolute Gasteiger partial charge is 0.281 e. The van der Waals surface area contributed by atoms with E-state index in [1.807, 2.05) is 0 Å². The lowest BCUT2D eigenvalue weighted by molar-refractivity contribution is 0.268. The van der Waals surface area contributed by atoms with Crippen molar-refractivity contribution in [1.82, 2.24) is 13.9 Å². The van der Waals surface area contributed by atoms with Crippen LogP contribution in [0.1, 0.15) is 19.8 Å². The molecular weight excluding hydrogens is 250 g/mol. The van der Waals surface area contributed by atoms with Crippen LogP contribution in [0.25, 0.3) is 0 Å². The van der Waals surface area contributed by atoms with Gasteiger partial charge in [0.1, 0.15) is 0 Å². The average molecular weight is 273 g/mol. The zero-order valence-corrected chi connectivity index (χ0v) is 11.8. The number of hydrogen-bond donors (Lipinski definition) is 1. The first-order valence-electron chi connectivity index (χ1n) is 7.03. The van der Waals surface area contributed by atoms with Crippen molar-refractivity contribution in [2.45, 2.75) is 19.8 Å². The van der Waals surface area contributed by atoms with Crippen LogP contribution in [-0.2, 0) is 10.2 Å². The maximum atomic E-state index is 12.6. The Labute approximate surface area is 110 Å². The average Bonchev–Trinajstić information content (AvgIpc) is 2.89. The monoisotopic (exact) mass is 273 g/mol. The fraction of sp³-hybridized carbons (Fsp3) is 1.00. The number of fused-ring (bicyclic) bond motifs is 1. The van der Waals surface area contributed by atoms with Crippen molar-refractivity contribution in [3.05, 3.63) is 0 Å². The molecule has 0 aliphatic carbocycles. The summed E-state index contributed by atoms with van der Waals surface area (Å²) in [6, 6.07) is 0. The van der Waals surface area contributed by atoms with Crippen LogP contribution in [0.2, 0.25) is 0 Å². The fourth-order valence-corrected chi connectivity index (χ4v) is 5.14. The Morgan fingerprint density at radius 3 is 2.11 bits per heavy atom. The number of nitrogens with zero attached hydrogens (tertiary/aromatic N) is 2. The van der Waals surface area contributed by atoms with E-state index in [2.05, 4.69) is 12.2 Å². The molecule has 3 saturated heterocycles. The highest BCUT2D eigenvalue weighted by molar-refractivity contribution is 7.86. The Morgan fingerprint density at radius 1 is 1.00 bits per heavy atom. The van der Waals surface area contributed by atoms with Crippen LogP contribution in [0.4, 0.5) is 0 Å². The van der Waals surface area contributed by atoms with Gasteiger partial charge in [0.25, 0.3) is 10.2 Å². The van der Waals surface area contributed by atoms with E-state index in [0.717, 1.165) is 25.9 Å². The molecule has 0 unspecified atom stereocenters. The fourth-order valence-electron chi connectivity index (χ4n) is 3.38. The van der Waals surface area contributed by atoms with E-state index in [9.17, 15) is 8.42 Å². The van der Waals surface area contributed by atoms with Gasteiger partial charge in [0.05, 0.1) is 0 Å². The molecule has 0 spiro atoms. The topological polar surface area (TPSA) is 52.7 Å². The molecule has 2 atom stereocenters. The largest absolute Gasteiger partial charge is 0.316 e. The van der Waals surface area contributed by atoms with Crippen molar-refractivity contribution in [3.63, 3.8) is 0 Å². The van der Waals surface area contributed by atoms with E-state index in [4.69, 9.17) is 0 Å². The molecule has 0 amide bonds. The van der Waals surface area contributed by atoms with Crippen LogP contribution in [0.15, 0.2) is 0 Å². The third-order valence-corrected chi connectivity index (χ3v) is 6.72. The molecule has 0 aromatic rings. The second kappa shape index (κ2) is 4.74. The standard InChI is InChI=1S/C12H23N3O2S/c1-10-2-4-14(5-3-10)18(16,17)15-8-11-6-13-7-12(11)9-15/h10-13H,2-9H2,1H3/t11-,12+. The minimum absolute atomic E-state index is 0.531. The van der Waals surface area contributed by atoms with Crippen LogP contribution in [0.3, 0.4) is 0 Å². The van der Waals surface area contributed by atoms with Crippen molar-refractivity contribution < 1.29 is 8.42 Å². The first-order valence-corrected chi connectivity index (χ1v) is 8.43. The molecule has 3 aliphatic rings. The molecule has 1 N–H and O–H groups in total. The zero-order chi connectivity index (χ0) is 12.8. The highest BCUT2D eigenvalue weighted by atomic mass is 32.2. The summed E-state index contributed by atoms with van der Waals surface area (Å²) in [6.07, 6.45) is 2.00. The van der Waals surface area contributed by atoms with Gasteiger partial charge >= 0.3 is 0 Å². The van der Waals surface area contributed by atoms with Crippen molar-refractivity contribution in [2.75, 3.05) is 39.3 Å². The summed E-state index contributed by atoms with van der Waals surface area (Å²) < 4.78 is 28.5. The lowest BCUT2D eigenvalue weighted by atomic mass is 10.0. The van der Waals surface area contributed by atoms with Gasteiger partial charge in [0.15, 0.2) is 0 Å². The molecule has 5 nitrogen and oxygen atoms in total. The maximum absolute atomic E-state index is 12.6. The van der Waals surface area contributed by atoms with Gasteiger partial charge in [0, 0.05) is 26.2 Å². The van der Waals surface area contributed by atoms with Gasteiger partial charge in [0.2, 0.25) is 0 Å².